The first-order chi connectivity index (χ1) is 23.3. The van der Waals surface area contributed by atoms with E-state index in [1.54, 1.807) is 0 Å². The van der Waals surface area contributed by atoms with Crippen molar-refractivity contribution < 1.29 is 9.47 Å². The van der Waals surface area contributed by atoms with Crippen molar-refractivity contribution in [1.29, 1.82) is 5.26 Å². The van der Waals surface area contributed by atoms with Gasteiger partial charge in [-0.1, -0.05) is 37.6 Å². The molecule has 48 heavy (non-hydrogen) atoms. The SMILES string of the molecule is CC(C)(c1ccc(OCc2ccnc(N3C[C@@H]4CN(C5CCN(C6CNC6)CC5)C[C@@H]4C3)n2)cc1)c1cc(Cl)c(OCCCl)c(C#N)c1. The van der Waals surface area contributed by atoms with Crippen LogP contribution in [0.4, 0.5) is 5.95 Å². The second kappa shape index (κ2) is 14.4. The van der Waals surface area contributed by atoms with Gasteiger partial charge in [-0.25, -0.2) is 9.97 Å². The predicted molar refractivity (Wildman–Crippen MR) is 189 cm³/mol. The molecule has 0 spiro atoms. The van der Waals surface area contributed by atoms with Crippen molar-refractivity contribution in [2.24, 2.45) is 11.8 Å². The number of ether oxygens (including phenoxy) is 2. The fourth-order valence-electron chi connectivity index (χ4n) is 7.87. The van der Waals surface area contributed by atoms with Crippen molar-refractivity contribution >= 4 is 29.2 Å². The van der Waals surface area contributed by atoms with E-state index in [9.17, 15) is 5.26 Å². The largest absolute Gasteiger partial charge is 0.489 e. The Hall–Kier alpha value is -3.13. The number of nitriles is 1. The van der Waals surface area contributed by atoms with Crippen LogP contribution >= 0.6 is 23.2 Å². The van der Waals surface area contributed by atoms with Crippen LogP contribution in [0.3, 0.4) is 0 Å². The van der Waals surface area contributed by atoms with E-state index in [1.165, 1.54) is 52.1 Å². The number of likely N-dealkylation sites (tertiary alicyclic amines) is 2. The highest BCUT2D eigenvalue weighted by Crippen LogP contribution is 2.39. The molecule has 7 rings (SSSR count). The number of halogens is 2. The quantitative estimate of drug-likeness (QED) is 0.269. The predicted octanol–water partition coefficient (Wildman–Crippen LogP) is 5.33. The zero-order chi connectivity index (χ0) is 33.3. The highest BCUT2D eigenvalue weighted by atomic mass is 35.5. The molecule has 2 aromatic carbocycles. The van der Waals surface area contributed by atoms with Crippen molar-refractivity contribution in [2.45, 2.75) is 50.8 Å². The summed E-state index contributed by atoms with van der Waals surface area (Å²) in [4.78, 5) is 17.4. The molecule has 9 nitrogen and oxygen atoms in total. The molecule has 4 aliphatic rings. The van der Waals surface area contributed by atoms with Crippen molar-refractivity contribution in [1.82, 2.24) is 25.1 Å². The Bertz CT molecular complexity index is 1600. The zero-order valence-corrected chi connectivity index (χ0v) is 29.4. The summed E-state index contributed by atoms with van der Waals surface area (Å²) < 4.78 is 11.8. The van der Waals surface area contributed by atoms with Crippen LogP contribution in [0.5, 0.6) is 11.5 Å². The molecule has 3 aromatic rings. The van der Waals surface area contributed by atoms with Crippen LogP contribution in [0.2, 0.25) is 5.02 Å². The van der Waals surface area contributed by atoms with Gasteiger partial charge in [0.05, 0.1) is 22.2 Å². The van der Waals surface area contributed by atoms with Crippen LogP contribution in [0, 0.1) is 23.2 Å². The number of piperidine rings is 1. The van der Waals surface area contributed by atoms with Gasteiger partial charge in [-0.3, -0.25) is 9.80 Å². The fraction of sp³-hybridized carbons (Fsp3) is 0.541. The Morgan fingerprint density at radius 2 is 1.67 bits per heavy atom. The second-order valence-electron chi connectivity index (χ2n) is 14.2. The second-order valence-corrected chi connectivity index (χ2v) is 15.0. The lowest BCUT2D eigenvalue weighted by Crippen LogP contribution is -2.60. The van der Waals surface area contributed by atoms with Crippen molar-refractivity contribution in [3.63, 3.8) is 0 Å². The highest BCUT2D eigenvalue weighted by Gasteiger charge is 2.43. The molecule has 4 aliphatic heterocycles. The summed E-state index contributed by atoms with van der Waals surface area (Å²) in [7, 11) is 0. The molecular formula is C37H45Cl2N7O2. The summed E-state index contributed by atoms with van der Waals surface area (Å²) >= 11 is 12.3. The first kappa shape index (κ1) is 33.4. The molecule has 1 aromatic heterocycles. The van der Waals surface area contributed by atoms with Crippen LogP contribution in [0.25, 0.3) is 0 Å². The van der Waals surface area contributed by atoms with Gasteiger partial charge in [0.2, 0.25) is 5.95 Å². The van der Waals surface area contributed by atoms with Gasteiger partial charge < -0.3 is 19.7 Å². The number of benzene rings is 2. The van der Waals surface area contributed by atoms with E-state index in [4.69, 9.17) is 37.7 Å². The van der Waals surface area contributed by atoms with Crippen LogP contribution in [0.1, 0.15) is 49.1 Å². The molecular weight excluding hydrogens is 645 g/mol. The van der Waals surface area contributed by atoms with Gasteiger partial charge in [-0.2, -0.15) is 5.26 Å². The van der Waals surface area contributed by atoms with E-state index in [-0.39, 0.29) is 6.61 Å². The fourth-order valence-corrected chi connectivity index (χ4v) is 8.22. The van der Waals surface area contributed by atoms with Crippen LogP contribution < -0.4 is 19.7 Å². The van der Waals surface area contributed by atoms with E-state index in [0.29, 0.717) is 40.7 Å². The average molecular weight is 691 g/mol. The number of hydrogen-bond acceptors (Lipinski definition) is 9. The third kappa shape index (κ3) is 6.97. The minimum atomic E-state index is -0.406. The smallest absolute Gasteiger partial charge is 0.225 e. The number of nitrogens with one attached hydrogen (secondary N) is 1. The van der Waals surface area contributed by atoms with Crippen LogP contribution in [-0.2, 0) is 12.0 Å². The minimum Gasteiger partial charge on any atom is -0.489 e. The summed E-state index contributed by atoms with van der Waals surface area (Å²) in [5, 5.41) is 13.6. The molecule has 0 amide bonds. The van der Waals surface area contributed by atoms with Crippen LogP contribution in [-0.4, -0.2) is 96.7 Å². The Morgan fingerprint density at radius 1 is 0.938 bits per heavy atom. The third-order valence-electron chi connectivity index (χ3n) is 11.0. The minimum absolute atomic E-state index is 0.285. The average Bonchev–Trinajstić information content (AvgIpc) is 3.67. The lowest BCUT2D eigenvalue weighted by atomic mass is 9.77. The van der Waals surface area contributed by atoms with Crippen molar-refractivity contribution in [3.05, 3.63) is 76.1 Å². The lowest BCUT2D eigenvalue weighted by molar-refractivity contribution is 0.0722. The highest BCUT2D eigenvalue weighted by molar-refractivity contribution is 6.32. The Labute approximate surface area is 294 Å². The van der Waals surface area contributed by atoms with Gasteiger partial charge >= 0.3 is 0 Å². The number of hydrogen-bond donors (Lipinski definition) is 1. The number of rotatable bonds is 11. The van der Waals surface area contributed by atoms with E-state index in [1.807, 2.05) is 36.5 Å². The van der Waals surface area contributed by atoms with Gasteiger partial charge in [0.25, 0.3) is 0 Å². The molecule has 0 saturated carbocycles. The lowest BCUT2D eigenvalue weighted by Gasteiger charge is -2.44. The van der Waals surface area contributed by atoms with Gasteiger partial charge in [0.15, 0.2) is 5.75 Å². The first-order valence-corrected chi connectivity index (χ1v) is 18.2. The number of alkyl halides is 1. The van der Waals surface area contributed by atoms with E-state index in [0.717, 1.165) is 53.7 Å². The molecule has 5 heterocycles. The van der Waals surface area contributed by atoms with Gasteiger partial charge in [0.1, 0.15) is 25.0 Å². The van der Waals surface area contributed by atoms with E-state index < -0.39 is 5.41 Å². The molecule has 0 unspecified atom stereocenters. The molecule has 4 fully saturated rings. The molecule has 4 saturated heterocycles. The van der Waals surface area contributed by atoms with Crippen molar-refractivity contribution in [2.75, 3.05) is 69.7 Å². The zero-order valence-electron chi connectivity index (χ0n) is 27.9. The van der Waals surface area contributed by atoms with Gasteiger partial charge in [0, 0.05) is 76.1 Å². The van der Waals surface area contributed by atoms with Crippen LogP contribution in [0.15, 0.2) is 48.7 Å². The number of aromatic nitrogens is 2. The molecule has 0 bridgehead atoms. The molecule has 0 aliphatic carbocycles. The normalized spacial score (nSPS) is 22.4. The van der Waals surface area contributed by atoms with E-state index >= 15 is 0 Å². The summed E-state index contributed by atoms with van der Waals surface area (Å²) in [5.41, 5.74) is 2.85. The first-order valence-electron chi connectivity index (χ1n) is 17.2. The van der Waals surface area contributed by atoms with Crippen molar-refractivity contribution in [3.8, 4) is 17.6 Å². The number of anilines is 1. The summed E-state index contributed by atoms with van der Waals surface area (Å²) in [6.07, 6.45) is 4.47. The number of nitrogens with zero attached hydrogens (tertiary/aromatic N) is 6. The maximum atomic E-state index is 9.74. The molecule has 11 heteroatoms. The maximum absolute atomic E-state index is 9.74. The standard InChI is InChI=1S/C37H45Cl2N7O2/c1-37(2,29-15-25(17-40)35(34(39)16-29)47-14-10-38)28-3-5-33(6-4-28)48-24-30-7-11-42-36(43-30)46-22-26-20-45(21-27(26)23-46)31-8-12-44(13-9-31)32-18-41-19-32/h3-7,11,15-16,26-27,31-32,41H,8-10,12-14,18-24H2,1-2H3/t26-,27+. The van der Waals surface area contributed by atoms with Gasteiger partial charge in [-0.15, -0.1) is 11.6 Å². The summed E-state index contributed by atoms with van der Waals surface area (Å²) in [5.74, 6) is 3.65. The maximum Gasteiger partial charge on any atom is 0.225 e. The Balaban J connectivity index is 0.921. The third-order valence-corrected chi connectivity index (χ3v) is 11.4. The molecule has 1 N–H and O–H groups in total. The van der Waals surface area contributed by atoms with Gasteiger partial charge in [-0.05, 0) is 66.1 Å². The molecule has 0 radical (unpaired) electrons. The summed E-state index contributed by atoms with van der Waals surface area (Å²) in [6, 6.07) is 17.4. The molecule has 2 atom stereocenters. The number of fused-ring (bicyclic) bond motifs is 1. The Kier molecular flexibility index (Phi) is 10.00. The van der Waals surface area contributed by atoms with E-state index in [2.05, 4.69) is 57.0 Å². The summed E-state index contributed by atoms with van der Waals surface area (Å²) in [6.45, 7) is 14.2. The molecule has 254 valence electrons. The Morgan fingerprint density at radius 3 is 2.31 bits per heavy atom. The topological polar surface area (TPSA) is 89.8 Å². The monoisotopic (exact) mass is 689 g/mol.